The van der Waals surface area contributed by atoms with E-state index in [-0.39, 0.29) is 17.2 Å². The average molecular weight is 412 g/mol. The Balaban J connectivity index is 1.92. The van der Waals surface area contributed by atoms with Gasteiger partial charge >= 0.3 is 11.9 Å². The first kappa shape index (κ1) is 20.2. The van der Waals surface area contributed by atoms with E-state index in [1.807, 2.05) is 0 Å². The molecule has 2 aromatic rings. The Kier molecular flexibility index (Phi) is 5.99. The highest BCUT2D eigenvalue weighted by molar-refractivity contribution is 8.18. The molecule has 0 aromatic heterocycles. The van der Waals surface area contributed by atoms with E-state index in [4.69, 9.17) is 9.84 Å². The molecule has 29 heavy (non-hydrogen) atoms. The molecule has 0 saturated carbocycles. The summed E-state index contributed by atoms with van der Waals surface area (Å²) in [7, 11) is 1.55. The van der Waals surface area contributed by atoms with Crippen molar-refractivity contribution in [1.82, 2.24) is 4.90 Å². The number of carbonyl (C=O) groups excluding carboxylic acids is 1. The van der Waals surface area contributed by atoms with Gasteiger partial charge in [-0.2, -0.15) is 0 Å². The van der Waals surface area contributed by atoms with Crippen LogP contribution >= 0.6 is 11.8 Å². The fraction of sp³-hybridized carbons (Fsp3) is 0.100. The molecule has 1 aliphatic heterocycles. The lowest BCUT2D eigenvalue weighted by Gasteiger charge is -2.08. The molecule has 1 fully saturated rings. The van der Waals surface area contributed by atoms with Crippen molar-refractivity contribution in [3.05, 3.63) is 64.6 Å². The first-order valence-corrected chi connectivity index (χ1v) is 9.20. The molecule has 0 atom stereocenters. The van der Waals surface area contributed by atoms with Gasteiger partial charge in [0.25, 0.3) is 5.91 Å². The van der Waals surface area contributed by atoms with E-state index in [1.54, 1.807) is 55.6 Å². The van der Waals surface area contributed by atoms with Crippen LogP contribution in [0.2, 0.25) is 0 Å². The molecule has 8 nitrogen and oxygen atoms in total. The highest BCUT2D eigenvalue weighted by atomic mass is 32.2. The largest absolute Gasteiger partial charge is 0.481 e. The van der Waals surface area contributed by atoms with Crippen molar-refractivity contribution in [2.45, 2.75) is 0 Å². The molecule has 1 amide bonds. The molecule has 0 radical (unpaired) electrons. The number of aliphatic imine (C=N–C) groups is 1. The quantitative estimate of drug-likeness (QED) is 0.700. The molecule has 148 valence electrons. The molecule has 0 unspecified atom stereocenters. The molecule has 2 aromatic carbocycles. The third kappa shape index (κ3) is 4.64. The number of hydrogen-bond donors (Lipinski definition) is 2. The number of benzene rings is 2. The SMILES string of the molecule is CN1C(=O)/C(=C/c2ccccc2OCC(=O)O)SC1=Nc1ccccc1C(=O)O. The minimum atomic E-state index is -1.11. The maximum absolute atomic E-state index is 12.6. The second kappa shape index (κ2) is 8.61. The van der Waals surface area contributed by atoms with Crippen LogP contribution in [0.25, 0.3) is 6.08 Å². The predicted octanol–water partition coefficient (Wildman–Crippen LogP) is 3.08. The number of thioether (sulfide) groups is 1. The summed E-state index contributed by atoms with van der Waals surface area (Å²) in [6.07, 6.45) is 1.59. The Morgan fingerprint density at radius 2 is 1.83 bits per heavy atom. The van der Waals surface area contributed by atoms with Crippen molar-refractivity contribution in [2.24, 2.45) is 4.99 Å². The summed E-state index contributed by atoms with van der Waals surface area (Å²) in [5.74, 6) is -2.19. The molecule has 2 N–H and O–H groups in total. The van der Waals surface area contributed by atoms with Crippen LogP contribution in [0.1, 0.15) is 15.9 Å². The Bertz CT molecular complexity index is 1050. The van der Waals surface area contributed by atoms with E-state index in [0.717, 1.165) is 11.8 Å². The van der Waals surface area contributed by atoms with Crippen LogP contribution in [0, 0.1) is 0 Å². The van der Waals surface area contributed by atoms with E-state index in [2.05, 4.69) is 4.99 Å². The zero-order chi connectivity index (χ0) is 21.0. The number of aliphatic carboxylic acids is 1. The molecular formula is C20H16N2O6S. The Hall–Kier alpha value is -3.59. The minimum Gasteiger partial charge on any atom is -0.481 e. The van der Waals surface area contributed by atoms with Crippen molar-refractivity contribution < 1.29 is 29.3 Å². The van der Waals surface area contributed by atoms with Crippen LogP contribution in [0.15, 0.2) is 58.4 Å². The third-order valence-corrected chi connectivity index (χ3v) is 4.97. The summed E-state index contributed by atoms with van der Waals surface area (Å²) in [6, 6.07) is 13.0. The molecule has 9 heteroatoms. The molecule has 1 heterocycles. The van der Waals surface area contributed by atoms with Gasteiger partial charge in [0.2, 0.25) is 0 Å². The van der Waals surface area contributed by atoms with Gasteiger partial charge in [-0.15, -0.1) is 0 Å². The molecule has 0 bridgehead atoms. The molecule has 1 saturated heterocycles. The summed E-state index contributed by atoms with van der Waals surface area (Å²) in [4.78, 5) is 40.8. The highest BCUT2D eigenvalue weighted by Gasteiger charge is 2.31. The Morgan fingerprint density at radius 3 is 2.55 bits per heavy atom. The van der Waals surface area contributed by atoms with Gasteiger partial charge in [0.05, 0.1) is 16.2 Å². The number of para-hydroxylation sites is 2. The molecule has 0 aliphatic carbocycles. The summed E-state index contributed by atoms with van der Waals surface area (Å²) >= 11 is 1.09. The van der Waals surface area contributed by atoms with Crippen LogP contribution in [0.5, 0.6) is 5.75 Å². The van der Waals surface area contributed by atoms with E-state index >= 15 is 0 Å². The zero-order valence-corrected chi connectivity index (χ0v) is 16.0. The van der Waals surface area contributed by atoms with E-state index in [9.17, 15) is 19.5 Å². The van der Waals surface area contributed by atoms with Gasteiger partial charge in [0.15, 0.2) is 11.8 Å². The van der Waals surface area contributed by atoms with E-state index in [0.29, 0.717) is 21.4 Å². The number of rotatable bonds is 6. The topological polar surface area (TPSA) is 117 Å². The second-order valence-electron chi connectivity index (χ2n) is 5.91. The molecule has 3 rings (SSSR count). The number of carboxylic acids is 2. The molecule has 0 spiro atoms. The number of hydrogen-bond acceptors (Lipinski definition) is 6. The average Bonchev–Trinajstić information content (AvgIpc) is 2.95. The number of ether oxygens (including phenoxy) is 1. The van der Waals surface area contributed by atoms with Gasteiger partial charge in [-0.05, 0) is 36.0 Å². The van der Waals surface area contributed by atoms with Crippen molar-refractivity contribution >= 4 is 46.5 Å². The van der Waals surface area contributed by atoms with Crippen molar-refractivity contribution in [1.29, 1.82) is 0 Å². The van der Waals surface area contributed by atoms with Gasteiger partial charge in [0.1, 0.15) is 5.75 Å². The van der Waals surface area contributed by atoms with Crippen LogP contribution in [0.4, 0.5) is 5.69 Å². The fourth-order valence-corrected chi connectivity index (χ4v) is 3.49. The van der Waals surface area contributed by atoms with Crippen molar-refractivity contribution in [3.63, 3.8) is 0 Å². The van der Waals surface area contributed by atoms with Crippen LogP contribution < -0.4 is 4.74 Å². The number of amides is 1. The molecular weight excluding hydrogens is 396 g/mol. The highest BCUT2D eigenvalue weighted by Crippen LogP contribution is 2.35. The number of carbonyl (C=O) groups is 3. The lowest BCUT2D eigenvalue weighted by Crippen LogP contribution is -2.23. The fourth-order valence-electron chi connectivity index (χ4n) is 2.52. The van der Waals surface area contributed by atoms with Crippen LogP contribution in [-0.4, -0.2) is 51.8 Å². The Morgan fingerprint density at radius 1 is 1.14 bits per heavy atom. The maximum atomic E-state index is 12.6. The zero-order valence-electron chi connectivity index (χ0n) is 15.2. The summed E-state index contributed by atoms with van der Waals surface area (Å²) in [5, 5.41) is 18.4. The van der Waals surface area contributed by atoms with Gasteiger partial charge in [-0.25, -0.2) is 14.6 Å². The van der Waals surface area contributed by atoms with Gasteiger partial charge in [-0.3, -0.25) is 9.69 Å². The Labute approximate surface area is 170 Å². The molecule has 1 aliphatic rings. The smallest absolute Gasteiger partial charge is 0.341 e. The minimum absolute atomic E-state index is 0.0336. The lowest BCUT2D eigenvalue weighted by molar-refractivity contribution is -0.139. The number of likely N-dealkylation sites (N-methyl/N-ethyl adjacent to an activating group) is 1. The standard InChI is InChI=1S/C20H16N2O6S/c1-22-18(25)16(10-12-6-2-5-9-15(12)28-11-17(23)24)29-20(22)21-14-8-4-3-7-13(14)19(26)27/h2-10H,11H2,1H3,(H,23,24)(H,26,27)/b16-10-,21-20?. The van der Waals surface area contributed by atoms with Crippen LogP contribution in [-0.2, 0) is 9.59 Å². The second-order valence-corrected chi connectivity index (χ2v) is 6.92. The monoisotopic (exact) mass is 412 g/mol. The van der Waals surface area contributed by atoms with Gasteiger partial charge < -0.3 is 14.9 Å². The van der Waals surface area contributed by atoms with E-state index < -0.39 is 18.5 Å². The van der Waals surface area contributed by atoms with E-state index in [1.165, 1.54) is 11.0 Å². The first-order valence-electron chi connectivity index (χ1n) is 8.39. The number of aromatic carboxylic acids is 1. The number of nitrogens with zero attached hydrogens (tertiary/aromatic N) is 2. The van der Waals surface area contributed by atoms with Crippen LogP contribution in [0.3, 0.4) is 0 Å². The summed E-state index contributed by atoms with van der Waals surface area (Å²) in [5.41, 5.74) is 0.824. The predicted molar refractivity (Wildman–Crippen MR) is 108 cm³/mol. The van der Waals surface area contributed by atoms with Crippen molar-refractivity contribution in [2.75, 3.05) is 13.7 Å². The normalized spacial score (nSPS) is 16.4. The third-order valence-electron chi connectivity index (χ3n) is 3.91. The summed E-state index contributed by atoms with van der Waals surface area (Å²) < 4.78 is 5.26. The number of carboxylic acid groups (broad SMARTS) is 2. The lowest BCUT2D eigenvalue weighted by atomic mass is 10.2. The van der Waals surface area contributed by atoms with Gasteiger partial charge in [-0.1, -0.05) is 30.3 Å². The van der Waals surface area contributed by atoms with Crippen molar-refractivity contribution in [3.8, 4) is 5.75 Å². The summed E-state index contributed by atoms with van der Waals surface area (Å²) in [6.45, 7) is -0.500. The van der Waals surface area contributed by atoms with Gasteiger partial charge in [0, 0.05) is 12.6 Å². The number of amidine groups is 1. The maximum Gasteiger partial charge on any atom is 0.341 e. The first-order chi connectivity index (χ1) is 13.9.